The van der Waals surface area contributed by atoms with E-state index >= 15 is 0 Å². The molecule has 0 aliphatic carbocycles. The number of nitrogens with zero attached hydrogens (tertiary/aromatic N) is 2. The van der Waals surface area contributed by atoms with Crippen molar-refractivity contribution in [3.63, 3.8) is 0 Å². The summed E-state index contributed by atoms with van der Waals surface area (Å²) in [6.07, 6.45) is -2.51. The predicted octanol–water partition coefficient (Wildman–Crippen LogP) is 5.01. The SMILES string of the molecule is CNc1nc(-c2cccc(C(F)F)c2)nc(C(C)C)c1Br. The van der Waals surface area contributed by atoms with Crippen LogP contribution in [0.15, 0.2) is 28.7 Å². The zero-order chi connectivity index (χ0) is 15.6. The van der Waals surface area contributed by atoms with Gasteiger partial charge in [0.2, 0.25) is 0 Å². The van der Waals surface area contributed by atoms with Crippen LogP contribution in [0.25, 0.3) is 11.4 Å². The third-order valence-corrected chi connectivity index (χ3v) is 3.84. The molecule has 0 saturated heterocycles. The molecule has 0 bridgehead atoms. The van der Waals surface area contributed by atoms with Crippen LogP contribution in [0.4, 0.5) is 14.6 Å². The summed E-state index contributed by atoms with van der Waals surface area (Å²) < 4.78 is 26.4. The summed E-state index contributed by atoms with van der Waals surface area (Å²) in [5.41, 5.74) is 1.39. The first-order valence-corrected chi connectivity index (χ1v) is 7.37. The number of aromatic nitrogens is 2. The third kappa shape index (κ3) is 3.37. The van der Waals surface area contributed by atoms with E-state index in [2.05, 4.69) is 31.2 Å². The molecular formula is C15H16BrF2N3. The number of halogens is 3. The summed E-state index contributed by atoms with van der Waals surface area (Å²) in [4.78, 5) is 8.90. The van der Waals surface area contributed by atoms with Gasteiger partial charge in [-0.3, -0.25) is 0 Å². The molecule has 0 atom stereocenters. The van der Waals surface area contributed by atoms with Crippen molar-refractivity contribution in [1.82, 2.24) is 9.97 Å². The second-order valence-corrected chi connectivity index (χ2v) is 5.72. The number of hydrogen-bond donors (Lipinski definition) is 1. The van der Waals surface area contributed by atoms with E-state index < -0.39 is 6.43 Å². The number of hydrogen-bond acceptors (Lipinski definition) is 3. The Bertz CT molecular complexity index is 645. The highest BCUT2D eigenvalue weighted by molar-refractivity contribution is 9.10. The molecule has 0 unspecified atom stereocenters. The Hall–Kier alpha value is -1.56. The summed E-state index contributed by atoms with van der Waals surface area (Å²) in [5.74, 6) is 1.27. The minimum absolute atomic E-state index is 0.0314. The summed E-state index contributed by atoms with van der Waals surface area (Å²) >= 11 is 3.48. The fourth-order valence-electron chi connectivity index (χ4n) is 1.96. The summed E-state index contributed by atoms with van der Waals surface area (Å²) in [6, 6.07) is 6.15. The van der Waals surface area contributed by atoms with E-state index in [1.54, 1.807) is 19.2 Å². The van der Waals surface area contributed by atoms with Gasteiger partial charge in [-0.05, 0) is 27.9 Å². The molecule has 6 heteroatoms. The van der Waals surface area contributed by atoms with Crippen LogP contribution in [0.2, 0.25) is 0 Å². The van der Waals surface area contributed by atoms with Gasteiger partial charge < -0.3 is 5.32 Å². The van der Waals surface area contributed by atoms with Crippen LogP contribution < -0.4 is 5.32 Å². The smallest absolute Gasteiger partial charge is 0.263 e. The lowest BCUT2D eigenvalue weighted by Gasteiger charge is -2.13. The standard InChI is InChI=1S/C15H16BrF2N3/c1-8(2)12-11(16)15(19-3)21-14(20-12)10-6-4-5-9(7-10)13(17)18/h4-8,13H,1-3H3,(H,19,20,21). The van der Waals surface area contributed by atoms with Gasteiger partial charge in [0, 0.05) is 18.2 Å². The molecule has 112 valence electrons. The van der Waals surface area contributed by atoms with Crippen molar-refractivity contribution in [3.05, 3.63) is 40.0 Å². The average Bonchev–Trinajstić information content (AvgIpc) is 2.47. The predicted molar refractivity (Wildman–Crippen MR) is 83.8 cm³/mol. The summed E-state index contributed by atoms with van der Waals surface area (Å²) in [7, 11) is 1.76. The van der Waals surface area contributed by atoms with Gasteiger partial charge in [-0.15, -0.1) is 0 Å². The van der Waals surface area contributed by atoms with Crippen molar-refractivity contribution in [2.75, 3.05) is 12.4 Å². The maximum absolute atomic E-state index is 12.8. The van der Waals surface area contributed by atoms with Crippen molar-refractivity contribution in [3.8, 4) is 11.4 Å². The Balaban J connectivity index is 2.58. The molecule has 1 heterocycles. The topological polar surface area (TPSA) is 37.8 Å². The monoisotopic (exact) mass is 355 g/mol. The molecule has 1 aromatic heterocycles. The molecular weight excluding hydrogens is 340 g/mol. The van der Waals surface area contributed by atoms with Gasteiger partial charge in [-0.1, -0.05) is 32.0 Å². The van der Waals surface area contributed by atoms with Gasteiger partial charge in [-0.25, -0.2) is 18.7 Å². The highest BCUT2D eigenvalue weighted by Gasteiger charge is 2.16. The molecule has 1 N–H and O–H groups in total. The minimum atomic E-state index is -2.51. The van der Waals surface area contributed by atoms with Gasteiger partial charge >= 0.3 is 0 Å². The van der Waals surface area contributed by atoms with Crippen LogP contribution in [0.5, 0.6) is 0 Å². The number of nitrogens with one attached hydrogen (secondary N) is 1. The van der Waals surface area contributed by atoms with Crippen LogP contribution in [0.1, 0.15) is 37.4 Å². The number of alkyl halides is 2. The normalized spacial score (nSPS) is 11.2. The minimum Gasteiger partial charge on any atom is -0.372 e. The number of anilines is 1. The molecule has 2 rings (SSSR count). The molecule has 0 amide bonds. The first-order valence-electron chi connectivity index (χ1n) is 6.57. The quantitative estimate of drug-likeness (QED) is 0.837. The van der Waals surface area contributed by atoms with Crippen molar-refractivity contribution in [1.29, 1.82) is 0 Å². The van der Waals surface area contributed by atoms with E-state index in [1.165, 1.54) is 12.1 Å². The van der Waals surface area contributed by atoms with Crippen molar-refractivity contribution < 1.29 is 8.78 Å². The molecule has 0 aliphatic rings. The molecule has 0 saturated carbocycles. The van der Waals surface area contributed by atoms with Crippen molar-refractivity contribution in [2.24, 2.45) is 0 Å². The second kappa shape index (κ2) is 6.47. The maximum atomic E-state index is 12.8. The lowest BCUT2D eigenvalue weighted by molar-refractivity contribution is 0.151. The zero-order valence-corrected chi connectivity index (χ0v) is 13.6. The van der Waals surface area contributed by atoms with Gasteiger partial charge in [0.15, 0.2) is 5.82 Å². The fourth-order valence-corrected chi connectivity index (χ4v) is 2.79. The average molecular weight is 356 g/mol. The van der Waals surface area contributed by atoms with E-state index in [0.717, 1.165) is 10.2 Å². The Labute approximate surface area is 131 Å². The highest BCUT2D eigenvalue weighted by atomic mass is 79.9. The van der Waals surface area contributed by atoms with Crippen molar-refractivity contribution in [2.45, 2.75) is 26.2 Å². The molecule has 1 aromatic carbocycles. The lowest BCUT2D eigenvalue weighted by Crippen LogP contribution is -2.04. The van der Waals surface area contributed by atoms with Crippen LogP contribution >= 0.6 is 15.9 Å². The van der Waals surface area contributed by atoms with E-state index in [4.69, 9.17) is 0 Å². The molecule has 2 aromatic rings. The maximum Gasteiger partial charge on any atom is 0.263 e. The highest BCUT2D eigenvalue weighted by Crippen LogP contribution is 2.32. The number of rotatable bonds is 4. The zero-order valence-electron chi connectivity index (χ0n) is 12.0. The molecule has 0 spiro atoms. The molecule has 3 nitrogen and oxygen atoms in total. The van der Waals surface area contributed by atoms with Crippen LogP contribution in [0, 0.1) is 0 Å². The van der Waals surface area contributed by atoms with Gasteiger partial charge in [0.1, 0.15) is 5.82 Å². The largest absolute Gasteiger partial charge is 0.372 e. The molecule has 21 heavy (non-hydrogen) atoms. The first kappa shape index (κ1) is 15.8. The van der Waals surface area contributed by atoms with E-state index in [9.17, 15) is 8.78 Å². The summed E-state index contributed by atoms with van der Waals surface area (Å²) in [6.45, 7) is 4.04. The Morgan fingerprint density at radius 1 is 1.19 bits per heavy atom. The molecule has 0 fully saturated rings. The third-order valence-electron chi connectivity index (χ3n) is 3.06. The van der Waals surface area contributed by atoms with Crippen LogP contribution in [-0.4, -0.2) is 17.0 Å². The number of benzene rings is 1. The fraction of sp³-hybridized carbons (Fsp3) is 0.333. The second-order valence-electron chi connectivity index (χ2n) is 4.93. The molecule has 0 aliphatic heterocycles. The van der Waals surface area contributed by atoms with E-state index in [0.29, 0.717) is 17.2 Å². The Morgan fingerprint density at radius 3 is 2.48 bits per heavy atom. The van der Waals surface area contributed by atoms with Gasteiger partial charge in [0.25, 0.3) is 6.43 Å². The van der Waals surface area contributed by atoms with E-state index in [-0.39, 0.29) is 11.5 Å². The van der Waals surface area contributed by atoms with Crippen molar-refractivity contribution >= 4 is 21.7 Å². The first-order chi connectivity index (χ1) is 9.93. The van der Waals surface area contributed by atoms with Crippen LogP contribution in [-0.2, 0) is 0 Å². The summed E-state index contributed by atoms with van der Waals surface area (Å²) in [5, 5.41) is 2.99. The Kier molecular flexibility index (Phi) is 4.88. The van der Waals surface area contributed by atoms with Gasteiger partial charge in [0.05, 0.1) is 10.2 Å². The Morgan fingerprint density at radius 2 is 1.90 bits per heavy atom. The van der Waals surface area contributed by atoms with Crippen LogP contribution in [0.3, 0.4) is 0 Å². The molecule has 0 radical (unpaired) electrons. The lowest BCUT2D eigenvalue weighted by atomic mass is 10.1. The van der Waals surface area contributed by atoms with E-state index in [1.807, 2.05) is 13.8 Å². The van der Waals surface area contributed by atoms with Gasteiger partial charge in [-0.2, -0.15) is 0 Å².